The smallest absolute Gasteiger partial charge is 0.296 e. The minimum Gasteiger partial charge on any atom is -0.338 e. The molecule has 3 amide bonds. The van der Waals surface area contributed by atoms with E-state index < -0.39 is 11.7 Å². The van der Waals surface area contributed by atoms with Crippen LogP contribution < -0.4 is 10.6 Å². The molecule has 1 aliphatic rings. The van der Waals surface area contributed by atoms with Gasteiger partial charge in [-0.2, -0.15) is 0 Å². The van der Waals surface area contributed by atoms with Crippen LogP contribution in [0.5, 0.6) is 0 Å². The number of benzene rings is 2. The van der Waals surface area contributed by atoms with Crippen LogP contribution in [0.25, 0.3) is 0 Å². The van der Waals surface area contributed by atoms with E-state index in [0.717, 1.165) is 6.42 Å². The Morgan fingerprint density at radius 2 is 1.58 bits per heavy atom. The van der Waals surface area contributed by atoms with Gasteiger partial charge in [-0.1, -0.05) is 32.0 Å². The molecule has 1 fully saturated rings. The number of likely N-dealkylation sites (tertiary alicyclic amines) is 1. The highest BCUT2D eigenvalue weighted by atomic mass is 16.2. The van der Waals surface area contributed by atoms with Crippen molar-refractivity contribution in [1.29, 1.82) is 0 Å². The van der Waals surface area contributed by atoms with Crippen LogP contribution in [0.4, 0.5) is 11.4 Å². The first kappa shape index (κ1) is 22.2. The van der Waals surface area contributed by atoms with Gasteiger partial charge in [0.15, 0.2) is 0 Å². The Kier molecular flexibility index (Phi) is 6.84. The van der Waals surface area contributed by atoms with Gasteiger partial charge >= 0.3 is 0 Å². The molecule has 3 rings (SSSR count). The van der Waals surface area contributed by atoms with E-state index in [0.29, 0.717) is 36.2 Å². The molecule has 7 nitrogen and oxygen atoms in total. The Bertz CT molecular complexity index is 1010. The zero-order chi connectivity index (χ0) is 22.5. The van der Waals surface area contributed by atoms with Gasteiger partial charge in [-0.25, -0.2) is 0 Å². The fraction of sp³-hybridized carbons (Fsp3) is 0.333. The number of amides is 3. The molecule has 2 N–H and O–H groups in total. The Morgan fingerprint density at radius 3 is 2.26 bits per heavy atom. The predicted molar refractivity (Wildman–Crippen MR) is 119 cm³/mol. The normalized spacial score (nSPS) is 18.2. The summed E-state index contributed by atoms with van der Waals surface area (Å²) in [5, 5.41) is 5.12. The van der Waals surface area contributed by atoms with Crippen molar-refractivity contribution in [3.05, 3.63) is 59.7 Å². The Labute approximate surface area is 181 Å². The van der Waals surface area contributed by atoms with Crippen LogP contribution in [-0.2, 0) is 9.59 Å². The molecule has 0 aromatic heterocycles. The first-order valence-corrected chi connectivity index (χ1v) is 10.4. The maximum absolute atomic E-state index is 12.9. The van der Waals surface area contributed by atoms with Gasteiger partial charge in [0.2, 0.25) is 5.91 Å². The largest absolute Gasteiger partial charge is 0.338 e. The molecule has 2 atom stereocenters. The van der Waals surface area contributed by atoms with Crippen LogP contribution in [0, 0.1) is 11.8 Å². The zero-order valence-corrected chi connectivity index (χ0v) is 18.0. The monoisotopic (exact) mass is 421 g/mol. The Morgan fingerprint density at radius 1 is 0.903 bits per heavy atom. The molecular formula is C24H27N3O4. The second kappa shape index (κ2) is 9.55. The third-order valence-electron chi connectivity index (χ3n) is 5.21. The van der Waals surface area contributed by atoms with Gasteiger partial charge in [0.05, 0.1) is 11.3 Å². The lowest BCUT2D eigenvalue weighted by Crippen LogP contribution is -2.42. The summed E-state index contributed by atoms with van der Waals surface area (Å²) < 4.78 is 0. The lowest BCUT2D eigenvalue weighted by atomic mass is 9.91. The lowest BCUT2D eigenvalue weighted by molar-refractivity contribution is -0.114. The molecule has 0 unspecified atom stereocenters. The fourth-order valence-corrected chi connectivity index (χ4v) is 4.03. The molecule has 162 valence electrons. The number of hydrogen-bond acceptors (Lipinski definition) is 4. The van der Waals surface area contributed by atoms with Gasteiger partial charge in [0.25, 0.3) is 17.6 Å². The zero-order valence-electron chi connectivity index (χ0n) is 18.0. The maximum Gasteiger partial charge on any atom is 0.296 e. The highest BCUT2D eigenvalue weighted by molar-refractivity contribution is 6.47. The van der Waals surface area contributed by atoms with Crippen LogP contribution in [0.2, 0.25) is 0 Å². The lowest BCUT2D eigenvalue weighted by Gasteiger charge is -2.35. The van der Waals surface area contributed by atoms with Crippen molar-refractivity contribution in [3.8, 4) is 0 Å². The van der Waals surface area contributed by atoms with Crippen molar-refractivity contribution in [2.24, 2.45) is 11.8 Å². The first-order chi connectivity index (χ1) is 14.7. The average molecular weight is 421 g/mol. The minimum absolute atomic E-state index is 0.0863. The summed E-state index contributed by atoms with van der Waals surface area (Å²) in [5.74, 6) is -1.17. The summed E-state index contributed by atoms with van der Waals surface area (Å²) >= 11 is 0. The van der Waals surface area contributed by atoms with E-state index >= 15 is 0 Å². The standard InChI is InChI=1S/C24H27N3O4/c1-15-11-16(2)14-27(13-15)24(31)18-7-6-8-19(12-18)26-23(30)22(29)20-9-4-5-10-21(20)25-17(3)28/h4-10,12,15-16H,11,13-14H2,1-3H3,(H,25,28)(H,26,30)/t15-,16-/m1/s1. The summed E-state index contributed by atoms with van der Waals surface area (Å²) in [6, 6.07) is 12.9. The minimum atomic E-state index is -0.845. The molecule has 0 saturated carbocycles. The summed E-state index contributed by atoms with van der Waals surface area (Å²) in [6.07, 6.45) is 1.10. The molecule has 2 aromatic rings. The predicted octanol–water partition coefficient (Wildman–Crippen LogP) is 3.58. The quantitative estimate of drug-likeness (QED) is 0.570. The summed E-state index contributed by atoms with van der Waals surface area (Å²) in [7, 11) is 0. The molecule has 2 aromatic carbocycles. The molecule has 7 heteroatoms. The van der Waals surface area contributed by atoms with Crippen LogP contribution in [0.3, 0.4) is 0 Å². The van der Waals surface area contributed by atoms with Gasteiger partial charge in [-0.3, -0.25) is 19.2 Å². The second-order valence-electron chi connectivity index (χ2n) is 8.25. The number of nitrogens with zero attached hydrogens (tertiary/aromatic N) is 1. The molecular weight excluding hydrogens is 394 g/mol. The molecule has 1 saturated heterocycles. The molecule has 0 spiro atoms. The maximum atomic E-state index is 12.9. The van der Waals surface area contributed by atoms with E-state index in [1.54, 1.807) is 42.5 Å². The summed E-state index contributed by atoms with van der Waals surface area (Å²) in [6.45, 7) is 7.01. The van der Waals surface area contributed by atoms with Crippen molar-refractivity contribution in [3.63, 3.8) is 0 Å². The van der Waals surface area contributed by atoms with E-state index in [2.05, 4.69) is 24.5 Å². The molecule has 1 heterocycles. The number of carbonyl (C=O) groups is 4. The van der Waals surface area contributed by atoms with Gasteiger partial charge in [-0.15, -0.1) is 0 Å². The fourth-order valence-electron chi connectivity index (χ4n) is 4.03. The van der Waals surface area contributed by atoms with E-state index in [1.807, 2.05) is 4.90 Å². The van der Waals surface area contributed by atoms with Gasteiger partial charge in [0, 0.05) is 31.3 Å². The highest BCUT2D eigenvalue weighted by Crippen LogP contribution is 2.23. The highest BCUT2D eigenvalue weighted by Gasteiger charge is 2.26. The van der Waals surface area contributed by atoms with Crippen molar-refractivity contribution in [2.45, 2.75) is 27.2 Å². The number of piperidine rings is 1. The average Bonchev–Trinajstić information content (AvgIpc) is 2.72. The van der Waals surface area contributed by atoms with E-state index in [-0.39, 0.29) is 23.1 Å². The number of anilines is 2. The van der Waals surface area contributed by atoms with E-state index in [9.17, 15) is 19.2 Å². The van der Waals surface area contributed by atoms with E-state index in [1.165, 1.54) is 13.0 Å². The van der Waals surface area contributed by atoms with Gasteiger partial charge in [-0.05, 0) is 48.6 Å². The SMILES string of the molecule is CC(=O)Nc1ccccc1C(=O)C(=O)Nc1cccc(C(=O)N2C[C@H](C)C[C@@H](C)C2)c1. The molecule has 0 radical (unpaired) electrons. The number of carbonyl (C=O) groups excluding carboxylic acids is 4. The Balaban J connectivity index is 1.74. The first-order valence-electron chi connectivity index (χ1n) is 10.4. The van der Waals surface area contributed by atoms with Gasteiger partial charge < -0.3 is 15.5 Å². The topological polar surface area (TPSA) is 95.6 Å². The van der Waals surface area contributed by atoms with Gasteiger partial charge in [0.1, 0.15) is 0 Å². The number of Topliss-reactive ketones (excluding diaryl/α,β-unsaturated/α-hetero) is 1. The molecule has 1 aliphatic heterocycles. The van der Waals surface area contributed by atoms with Crippen molar-refractivity contribution in [1.82, 2.24) is 4.90 Å². The van der Waals surface area contributed by atoms with Crippen LogP contribution in [0.1, 0.15) is 47.9 Å². The van der Waals surface area contributed by atoms with Crippen LogP contribution in [-0.4, -0.2) is 41.5 Å². The van der Waals surface area contributed by atoms with Crippen molar-refractivity contribution in [2.75, 3.05) is 23.7 Å². The van der Waals surface area contributed by atoms with E-state index in [4.69, 9.17) is 0 Å². The third-order valence-corrected chi connectivity index (χ3v) is 5.21. The number of hydrogen-bond donors (Lipinski definition) is 2. The number of nitrogens with one attached hydrogen (secondary N) is 2. The Hall–Kier alpha value is -3.48. The molecule has 0 bridgehead atoms. The van der Waals surface area contributed by atoms with Crippen molar-refractivity contribution >= 4 is 34.9 Å². The summed E-state index contributed by atoms with van der Waals surface area (Å²) in [5.41, 5.74) is 1.19. The third kappa shape index (κ3) is 5.57. The number of ketones is 1. The number of rotatable bonds is 5. The molecule has 0 aliphatic carbocycles. The summed E-state index contributed by atoms with van der Waals surface area (Å²) in [4.78, 5) is 51.3. The second-order valence-corrected chi connectivity index (χ2v) is 8.25. The molecule has 31 heavy (non-hydrogen) atoms. The van der Waals surface area contributed by atoms with Crippen LogP contribution >= 0.6 is 0 Å². The van der Waals surface area contributed by atoms with Crippen LogP contribution in [0.15, 0.2) is 48.5 Å². The van der Waals surface area contributed by atoms with Crippen molar-refractivity contribution < 1.29 is 19.2 Å². The number of para-hydroxylation sites is 1.